The Morgan fingerprint density at radius 1 is 1.39 bits per heavy atom. The molecule has 0 aliphatic rings. The van der Waals surface area contributed by atoms with Gasteiger partial charge in [-0.15, -0.1) is 0 Å². The number of halogens is 1. The molecule has 4 nitrogen and oxygen atoms in total. The largest absolute Gasteiger partial charge is 0.313 e. The first-order valence-electron chi connectivity index (χ1n) is 6.02. The molecule has 96 valence electrons. The average molecular weight is 309 g/mol. The maximum absolute atomic E-state index is 4.52. The molecule has 0 fully saturated rings. The Labute approximate surface area is 116 Å². The van der Waals surface area contributed by atoms with E-state index in [0.717, 1.165) is 35.4 Å². The Balaban J connectivity index is 2.10. The van der Waals surface area contributed by atoms with E-state index in [4.69, 9.17) is 0 Å². The number of pyridine rings is 1. The van der Waals surface area contributed by atoms with Crippen LogP contribution >= 0.6 is 15.9 Å². The first-order valence-corrected chi connectivity index (χ1v) is 6.81. The van der Waals surface area contributed by atoms with Crippen molar-refractivity contribution < 1.29 is 0 Å². The Hall–Kier alpha value is -1.20. The Kier molecular flexibility index (Phi) is 4.49. The van der Waals surface area contributed by atoms with Crippen molar-refractivity contribution in [3.8, 4) is 0 Å². The second-order valence-corrected chi connectivity index (χ2v) is 5.14. The fourth-order valence-electron chi connectivity index (χ4n) is 1.80. The molecule has 0 unspecified atom stereocenters. The van der Waals surface area contributed by atoms with Crippen LogP contribution in [0.3, 0.4) is 0 Å². The SMILES string of the molecule is CCNCc1cn(Cc2cncc(Br)c2)nc1C. The zero-order valence-electron chi connectivity index (χ0n) is 10.7. The maximum atomic E-state index is 4.52. The number of hydrogen-bond donors (Lipinski definition) is 1. The monoisotopic (exact) mass is 308 g/mol. The third-order valence-electron chi connectivity index (χ3n) is 2.72. The van der Waals surface area contributed by atoms with E-state index >= 15 is 0 Å². The highest BCUT2D eigenvalue weighted by Gasteiger charge is 2.05. The summed E-state index contributed by atoms with van der Waals surface area (Å²) in [5, 5.41) is 7.84. The maximum Gasteiger partial charge on any atom is 0.0674 e. The summed E-state index contributed by atoms with van der Waals surface area (Å²) in [5.74, 6) is 0. The molecule has 0 amide bonds. The van der Waals surface area contributed by atoms with Crippen molar-refractivity contribution in [3.05, 3.63) is 46.0 Å². The van der Waals surface area contributed by atoms with Crippen LogP contribution < -0.4 is 5.32 Å². The lowest BCUT2D eigenvalue weighted by molar-refractivity contribution is 0.676. The second-order valence-electron chi connectivity index (χ2n) is 4.23. The van der Waals surface area contributed by atoms with Crippen LogP contribution in [0.15, 0.2) is 29.1 Å². The lowest BCUT2D eigenvalue weighted by atomic mass is 10.2. The molecule has 0 aromatic carbocycles. The first-order chi connectivity index (χ1) is 8.69. The normalized spacial score (nSPS) is 10.8. The molecule has 0 bridgehead atoms. The number of aromatic nitrogens is 3. The summed E-state index contributed by atoms with van der Waals surface area (Å²) in [6.45, 7) is 6.74. The highest BCUT2D eigenvalue weighted by atomic mass is 79.9. The van der Waals surface area contributed by atoms with Gasteiger partial charge in [-0.3, -0.25) is 9.67 Å². The van der Waals surface area contributed by atoms with E-state index in [1.54, 1.807) is 6.20 Å². The van der Waals surface area contributed by atoms with Crippen molar-refractivity contribution in [1.29, 1.82) is 0 Å². The molecule has 1 N–H and O–H groups in total. The van der Waals surface area contributed by atoms with E-state index in [9.17, 15) is 0 Å². The van der Waals surface area contributed by atoms with Gasteiger partial charge in [0.1, 0.15) is 0 Å². The van der Waals surface area contributed by atoms with Crippen LogP contribution in [0.4, 0.5) is 0 Å². The van der Waals surface area contributed by atoms with E-state index in [1.165, 1.54) is 5.56 Å². The Bertz CT molecular complexity index is 521. The number of hydrogen-bond acceptors (Lipinski definition) is 3. The van der Waals surface area contributed by atoms with Gasteiger partial charge < -0.3 is 5.32 Å². The number of rotatable bonds is 5. The third-order valence-corrected chi connectivity index (χ3v) is 3.15. The minimum absolute atomic E-state index is 0.749. The van der Waals surface area contributed by atoms with Gasteiger partial charge in [0, 0.05) is 35.2 Å². The van der Waals surface area contributed by atoms with Crippen LogP contribution in [0.5, 0.6) is 0 Å². The molecule has 0 saturated carbocycles. The van der Waals surface area contributed by atoms with Crippen LogP contribution in [0.2, 0.25) is 0 Å². The zero-order valence-corrected chi connectivity index (χ0v) is 12.2. The third kappa shape index (κ3) is 3.40. The van der Waals surface area contributed by atoms with Crippen molar-refractivity contribution in [1.82, 2.24) is 20.1 Å². The molecule has 0 radical (unpaired) electrons. The van der Waals surface area contributed by atoms with E-state index in [-0.39, 0.29) is 0 Å². The highest BCUT2D eigenvalue weighted by Crippen LogP contribution is 2.12. The van der Waals surface area contributed by atoms with E-state index in [1.807, 2.05) is 17.8 Å². The van der Waals surface area contributed by atoms with Crippen LogP contribution in [0.1, 0.15) is 23.7 Å². The highest BCUT2D eigenvalue weighted by molar-refractivity contribution is 9.10. The number of aryl methyl sites for hydroxylation is 1. The van der Waals surface area contributed by atoms with E-state index in [0.29, 0.717) is 0 Å². The molecule has 0 atom stereocenters. The second kappa shape index (κ2) is 6.11. The molecule has 2 aromatic heterocycles. The Morgan fingerprint density at radius 3 is 2.94 bits per heavy atom. The van der Waals surface area contributed by atoms with Gasteiger partial charge in [-0.05, 0) is 41.0 Å². The van der Waals surface area contributed by atoms with Gasteiger partial charge in [0.25, 0.3) is 0 Å². The average Bonchev–Trinajstić information content (AvgIpc) is 2.67. The Morgan fingerprint density at radius 2 is 2.22 bits per heavy atom. The molecule has 0 saturated heterocycles. The summed E-state index contributed by atoms with van der Waals surface area (Å²) < 4.78 is 2.96. The van der Waals surface area contributed by atoms with Crippen molar-refractivity contribution in [3.63, 3.8) is 0 Å². The fourth-order valence-corrected chi connectivity index (χ4v) is 2.21. The van der Waals surface area contributed by atoms with Gasteiger partial charge in [-0.2, -0.15) is 5.10 Å². The van der Waals surface area contributed by atoms with Crippen molar-refractivity contribution in [2.45, 2.75) is 26.9 Å². The van der Waals surface area contributed by atoms with Gasteiger partial charge >= 0.3 is 0 Å². The predicted octanol–water partition coefficient (Wildman–Crippen LogP) is 2.51. The minimum atomic E-state index is 0.749. The summed E-state index contributed by atoms with van der Waals surface area (Å²) in [7, 11) is 0. The molecule has 18 heavy (non-hydrogen) atoms. The predicted molar refractivity (Wildman–Crippen MR) is 75.4 cm³/mol. The van der Waals surface area contributed by atoms with Gasteiger partial charge in [-0.1, -0.05) is 6.92 Å². The van der Waals surface area contributed by atoms with Gasteiger partial charge in [-0.25, -0.2) is 0 Å². The van der Waals surface area contributed by atoms with Crippen molar-refractivity contribution in [2.75, 3.05) is 6.54 Å². The van der Waals surface area contributed by atoms with Crippen LogP contribution in [0.25, 0.3) is 0 Å². The molecule has 2 heterocycles. The molecule has 2 aromatic rings. The van der Waals surface area contributed by atoms with E-state index < -0.39 is 0 Å². The summed E-state index contributed by atoms with van der Waals surface area (Å²) in [5.41, 5.74) is 3.47. The minimum Gasteiger partial charge on any atom is -0.313 e. The molecule has 0 aliphatic heterocycles. The summed E-state index contributed by atoms with van der Waals surface area (Å²) in [4.78, 5) is 4.16. The molecule has 0 spiro atoms. The number of nitrogens with zero attached hydrogens (tertiary/aromatic N) is 3. The topological polar surface area (TPSA) is 42.7 Å². The molecule has 5 heteroatoms. The zero-order chi connectivity index (χ0) is 13.0. The van der Waals surface area contributed by atoms with Crippen LogP contribution in [-0.4, -0.2) is 21.3 Å². The van der Waals surface area contributed by atoms with Gasteiger partial charge in [0.2, 0.25) is 0 Å². The first kappa shape index (κ1) is 13.2. The van der Waals surface area contributed by atoms with Gasteiger partial charge in [0.05, 0.1) is 12.2 Å². The van der Waals surface area contributed by atoms with E-state index in [2.05, 4.69) is 50.5 Å². The number of nitrogens with one attached hydrogen (secondary N) is 1. The van der Waals surface area contributed by atoms with Gasteiger partial charge in [0.15, 0.2) is 0 Å². The fraction of sp³-hybridized carbons (Fsp3) is 0.385. The summed E-state index contributed by atoms with van der Waals surface area (Å²) in [6, 6.07) is 2.06. The lowest BCUT2D eigenvalue weighted by Crippen LogP contribution is -2.11. The quantitative estimate of drug-likeness (QED) is 0.923. The smallest absolute Gasteiger partial charge is 0.0674 e. The molecule has 0 aliphatic carbocycles. The molecular formula is C13H17BrN4. The standard InChI is InChI=1S/C13H17BrN4/c1-3-15-6-12-9-18(17-10(12)2)8-11-4-13(14)7-16-5-11/h4-5,7,9,15H,3,6,8H2,1-2H3. The lowest BCUT2D eigenvalue weighted by Gasteiger charge is -2.01. The summed E-state index contributed by atoms with van der Waals surface area (Å²) >= 11 is 3.43. The van der Waals surface area contributed by atoms with Crippen LogP contribution in [0, 0.1) is 6.92 Å². The summed E-state index contributed by atoms with van der Waals surface area (Å²) in [6.07, 6.45) is 5.75. The van der Waals surface area contributed by atoms with Crippen LogP contribution in [-0.2, 0) is 13.1 Å². The molecule has 2 rings (SSSR count). The molecular weight excluding hydrogens is 292 g/mol. The van der Waals surface area contributed by atoms with Crippen molar-refractivity contribution in [2.24, 2.45) is 0 Å². The van der Waals surface area contributed by atoms with Crippen molar-refractivity contribution >= 4 is 15.9 Å².